The van der Waals surface area contributed by atoms with Crippen molar-refractivity contribution in [2.45, 2.75) is 32.2 Å². The molecule has 114 valence electrons. The first-order valence-electron chi connectivity index (χ1n) is 7.48. The molecule has 2 bridgehead atoms. The number of nitrogens with zero attached hydrogens (tertiary/aromatic N) is 1. The molecule has 0 aromatic heterocycles. The van der Waals surface area contributed by atoms with Crippen LogP contribution < -0.4 is 10.6 Å². The Morgan fingerprint density at radius 1 is 1.30 bits per heavy atom. The number of likely N-dealkylation sites (N-methyl/N-ethyl adjacent to an activating group) is 1. The van der Waals surface area contributed by atoms with E-state index in [0.29, 0.717) is 12.5 Å². The number of carboxylic acids is 1. The van der Waals surface area contributed by atoms with Gasteiger partial charge in [0.2, 0.25) is 0 Å². The van der Waals surface area contributed by atoms with E-state index in [4.69, 9.17) is 0 Å². The molecule has 2 saturated carbocycles. The molecule has 0 aromatic carbocycles. The van der Waals surface area contributed by atoms with Gasteiger partial charge in [0, 0.05) is 19.1 Å². The lowest BCUT2D eigenvalue weighted by Crippen LogP contribution is -2.51. The fraction of sp³-hybridized carbons (Fsp3) is 0.857. The maximum absolute atomic E-state index is 11.9. The summed E-state index contributed by atoms with van der Waals surface area (Å²) in [5.74, 6) is -0.592. The molecular weight excluding hydrogens is 258 g/mol. The van der Waals surface area contributed by atoms with E-state index in [0.717, 1.165) is 32.4 Å². The molecular formula is C14H25N3O3. The third-order valence-corrected chi connectivity index (χ3v) is 4.82. The summed E-state index contributed by atoms with van der Waals surface area (Å²) in [5.41, 5.74) is 0. The molecule has 4 unspecified atom stereocenters. The summed E-state index contributed by atoms with van der Waals surface area (Å²) < 4.78 is 0. The van der Waals surface area contributed by atoms with Crippen molar-refractivity contribution in [3.63, 3.8) is 0 Å². The van der Waals surface area contributed by atoms with E-state index >= 15 is 0 Å². The summed E-state index contributed by atoms with van der Waals surface area (Å²) in [5, 5.41) is 15.0. The van der Waals surface area contributed by atoms with Crippen molar-refractivity contribution >= 4 is 12.0 Å². The fourth-order valence-electron chi connectivity index (χ4n) is 3.58. The Balaban J connectivity index is 1.80. The number of rotatable bonds is 6. The number of hydrogen-bond donors (Lipinski definition) is 3. The molecule has 2 fully saturated rings. The molecule has 4 atom stereocenters. The second-order valence-electron chi connectivity index (χ2n) is 6.02. The van der Waals surface area contributed by atoms with E-state index < -0.39 is 11.9 Å². The van der Waals surface area contributed by atoms with Gasteiger partial charge in [-0.25, -0.2) is 4.79 Å². The number of carbonyl (C=O) groups is 2. The van der Waals surface area contributed by atoms with Gasteiger partial charge in [0.05, 0.1) is 5.92 Å². The summed E-state index contributed by atoms with van der Waals surface area (Å²) in [7, 11) is 2.00. The van der Waals surface area contributed by atoms with Gasteiger partial charge in [-0.15, -0.1) is 0 Å². The summed E-state index contributed by atoms with van der Waals surface area (Å²) in [6, 6.07) is -0.437. The number of nitrogens with one attached hydrogen (secondary N) is 2. The molecule has 0 heterocycles. The second kappa shape index (κ2) is 6.43. The van der Waals surface area contributed by atoms with E-state index in [9.17, 15) is 14.7 Å². The second-order valence-corrected chi connectivity index (χ2v) is 6.02. The van der Waals surface area contributed by atoms with E-state index in [2.05, 4.69) is 22.5 Å². The first-order chi connectivity index (χ1) is 9.52. The van der Waals surface area contributed by atoms with Crippen LogP contribution >= 0.6 is 0 Å². The summed E-state index contributed by atoms with van der Waals surface area (Å²) in [6.45, 7) is 4.38. The highest BCUT2D eigenvalue weighted by Crippen LogP contribution is 2.48. The summed E-state index contributed by atoms with van der Waals surface area (Å²) in [4.78, 5) is 25.3. The standard InChI is InChI=1S/C14H25N3O3/c1-3-17(2)7-6-15-14(20)16-12-10-5-4-9(8-10)11(12)13(18)19/h9-12H,3-8H2,1-2H3,(H,18,19)(H2,15,16,20). The van der Waals surface area contributed by atoms with Crippen LogP contribution in [0.15, 0.2) is 0 Å². The van der Waals surface area contributed by atoms with Crippen LogP contribution in [0.3, 0.4) is 0 Å². The lowest BCUT2D eigenvalue weighted by Gasteiger charge is -2.29. The normalized spacial score (nSPS) is 31.6. The zero-order chi connectivity index (χ0) is 14.7. The number of aliphatic carboxylic acids is 1. The topological polar surface area (TPSA) is 81.7 Å². The number of fused-ring (bicyclic) bond motifs is 2. The van der Waals surface area contributed by atoms with Gasteiger partial charge in [-0.2, -0.15) is 0 Å². The van der Waals surface area contributed by atoms with Crippen LogP contribution in [0.25, 0.3) is 0 Å². The van der Waals surface area contributed by atoms with Crippen LogP contribution in [0.4, 0.5) is 4.79 Å². The zero-order valence-electron chi connectivity index (χ0n) is 12.3. The first-order valence-corrected chi connectivity index (χ1v) is 7.48. The molecule has 6 heteroatoms. The van der Waals surface area contributed by atoms with Gasteiger partial charge in [0.25, 0.3) is 0 Å². The zero-order valence-corrected chi connectivity index (χ0v) is 12.3. The maximum atomic E-state index is 11.9. The van der Waals surface area contributed by atoms with E-state index in [1.54, 1.807) is 0 Å². The summed E-state index contributed by atoms with van der Waals surface area (Å²) in [6.07, 6.45) is 2.97. The van der Waals surface area contributed by atoms with Gasteiger partial charge in [-0.05, 0) is 44.7 Å². The molecule has 0 aliphatic heterocycles. The van der Waals surface area contributed by atoms with Gasteiger partial charge < -0.3 is 20.6 Å². The van der Waals surface area contributed by atoms with Crippen molar-refractivity contribution in [2.24, 2.45) is 17.8 Å². The minimum atomic E-state index is -0.770. The summed E-state index contributed by atoms with van der Waals surface area (Å²) >= 11 is 0. The number of carbonyl (C=O) groups excluding carboxylic acids is 1. The Kier molecular flexibility index (Phi) is 4.86. The van der Waals surface area contributed by atoms with Crippen molar-refractivity contribution in [1.29, 1.82) is 0 Å². The predicted molar refractivity (Wildman–Crippen MR) is 75.5 cm³/mol. The van der Waals surface area contributed by atoms with Crippen molar-refractivity contribution < 1.29 is 14.7 Å². The highest BCUT2D eigenvalue weighted by Gasteiger charge is 2.51. The number of amides is 2. The van der Waals surface area contributed by atoms with E-state index in [1.165, 1.54) is 0 Å². The van der Waals surface area contributed by atoms with Gasteiger partial charge >= 0.3 is 12.0 Å². The third-order valence-electron chi connectivity index (χ3n) is 4.82. The molecule has 2 aliphatic rings. The average molecular weight is 283 g/mol. The molecule has 3 N–H and O–H groups in total. The molecule has 0 saturated heterocycles. The van der Waals surface area contributed by atoms with Gasteiger partial charge in [0.1, 0.15) is 0 Å². The Bertz CT molecular complexity index is 375. The Hall–Kier alpha value is -1.30. The maximum Gasteiger partial charge on any atom is 0.315 e. The number of carboxylic acid groups (broad SMARTS) is 1. The number of urea groups is 1. The molecule has 20 heavy (non-hydrogen) atoms. The highest BCUT2D eigenvalue weighted by molar-refractivity contribution is 5.77. The SMILES string of the molecule is CCN(C)CCNC(=O)NC1C2CCC(C2)C1C(=O)O. The highest BCUT2D eigenvalue weighted by atomic mass is 16.4. The smallest absolute Gasteiger partial charge is 0.315 e. The molecule has 0 aromatic rings. The van der Waals surface area contributed by atoms with Crippen LogP contribution in [-0.2, 0) is 4.79 Å². The minimum Gasteiger partial charge on any atom is -0.481 e. The van der Waals surface area contributed by atoms with Crippen molar-refractivity contribution in [3.8, 4) is 0 Å². The van der Waals surface area contributed by atoms with Crippen molar-refractivity contribution in [1.82, 2.24) is 15.5 Å². The monoisotopic (exact) mass is 283 g/mol. The quantitative estimate of drug-likeness (QED) is 0.671. The Labute approximate surface area is 119 Å². The molecule has 2 aliphatic carbocycles. The predicted octanol–water partition coefficient (Wildman–Crippen LogP) is 0.737. The molecule has 2 amide bonds. The number of hydrogen-bond acceptors (Lipinski definition) is 3. The molecule has 6 nitrogen and oxygen atoms in total. The first kappa shape index (κ1) is 15.1. The fourth-order valence-corrected chi connectivity index (χ4v) is 3.58. The Morgan fingerprint density at radius 3 is 2.65 bits per heavy atom. The minimum absolute atomic E-state index is 0.199. The lowest BCUT2D eigenvalue weighted by molar-refractivity contribution is -0.144. The van der Waals surface area contributed by atoms with Gasteiger partial charge in [0.15, 0.2) is 0 Å². The van der Waals surface area contributed by atoms with Crippen LogP contribution in [-0.4, -0.2) is 54.7 Å². The largest absolute Gasteiger partial charge is 0.481 e. The van der Waals surface area contributed by atoms with Crippen LogP contribution in [0.5, 0.6) is 0 Å². The van der Waals surface area contributed by atoms with Crippen molar-refractivity contribution in [2.75, 3.05) is 26.7 Å². The lowest BCUT2D eigenvalue weighted by atomic mass is 9.84. The average Bonchev–Trinajstić information content (AvgIpc) is 2.98. The molecule has 0 radical (unpaired) electrons. The van der Waals surface area contributed by atoms with Crippen LogP contribution in [0, 0.1) is 17.8 Å². The van der Waals surface area contributed by atoms with Gasteiger partial charge in [-0.3, -0.25) is 4.79 Å². The third kappa shape index (κ3) is 3.23. The van der Waals surface area contributed by atoms with Gasteiger partial charge in [-0.1, -0.05) is 6.92 Å². The molecule has 0 spiro atoms. The Morgan fingerprint density at radius 2 is 2.00 bits per heavy atom. The van der Waals surface area contributed by atoms with Crippen molar-refractivity contribution in [3.05, 3.63) is 0 Å². The van der Waals surface area contributed by atoms with E-state index in [-0.39, 0.29) is 18.0 Å². The van der Waals surface area contributed by atoms with Crippen LogP contribution in [0.1, 0.15) is 26.2 Å². The molecule has 2 rings (SSSR count). The van der Waals surface area contributed by atoms with Crippen LogP contribution in [0.2, 0.25) is 0 Å². The van der Waals surface area contributed by atoms with E-state index in [1.807, 2.05) is 7.05 Å².